The molecule has 8 nitrogen and oxygen atoms in total. The van der Waals surface area contributed by atoms with Crippen LogP contribution in [0.2, 0.25) is 0 Å². The lowest BCUT2D eigenvalue weighted by molar-refractivity contribution is -0.186. The van der Waals surface area contributed by atoms with Crippen LogP contribution in [0, 0.1) is 5.82 Å². The number of ether oxygens (including phenoxy) is 1. The van der Waals surface area contributed by atoms with Gasteiger partial charge in [-0.3, -0.25) is 0 Å². The standard InChI is InChI=1S/C21H25F3N4O4/c1-3-16(21(2,31)12-6-11(17(23)24)7-13(22)8-12)32-20(15(30)9-29)28-5-4-14-18(25)26-10-27-19(14)28/h4-8,10,15-17,20,29-31H,3,9H2,1-2H3,(H2,25,26,27)/t15-,16+,20-,21?/m1/s1. The van der Waals surface area contributed by atoms with Gasteiger partial charge in [0.1, 0.15) is 35.3 Å². The molecular weight excluding hydrogens is 429 g/mol. The van der Waals surface area contributed by atoms with E-state index < -0.39 is 48.4 Å². The van der Waals surface area contributed by atoms with Crippen LogP contribution in [0.4, 0.5) is 19.0 Å². The lowest BCUT2D eigenvalue weighted by Gasteiger charge is -2.37. The number of aliphatic hydroxyl groups is 3. The Labute approximate surface area is 182 Å². The average Bonchev–Trinajstić information content (AvgIpc) is 3.18. The molecule has 1 aromatic carbocycles. The summed E-state index contributed by atoms with van der Waals surface area (Å²) >= 11 is 0. The van der Waals surface area contributed by atoms with Crippen LogP contribution in [0.3, 0.4) is 0 Å². The zero-order valence-corrected chi connectivity index (χ0v) is 17.5. The second-order valence-electron chi connectivity index (χ2n) is 7.61. The maximum atomic E-state index is 14.0. The quantitative estimate of drug-likeness (QED) is 0.392. The maximum Gasteiger partial charge on any atom is 0.263 e. The van der Waals surface area contributed by atoms with Gasteiger partial charge in [0.2, 0.25) is 0 Å². The predicted octanol–water partition coefficient (Wildman–Crippen LogP) is 2.64. The molecule has 0 amide bonds. The summed E-state index contributed by atoms with van der Waals surface area (Å²) in [4.78, 5) is 8.03. The summed E-state index contributed by atoms with van der Waals surface area (Å²) in [5.74, 6) is -0.729. The van der Waals surface area contributed by atoms with Crippen molar-refractivity contribution < 1.29 is 33.2 Å². The summed E-state index contributed by atoms with van der Waals surface area (Å²) < 4.78 is 47.7. The third-order valence-corrected chi connectivity index (χ3v) is 5.39. The normalized spacial score (nSPS) is 16.8. The van der Waals surface area contributed by atoms with Crippen LogP contribution in [-0.2, 0) is 10.3 Å². The van der Waals surface area contributed by atoms with Gasteiger partial charge >= 0.3 is 0 Å². The fourth-order valence-corrected chi connectivity index (χ4v) is 3.64. The maximum absolute atomic E-state index is 14.0. The summed E-state index contributed by atoms with van der Waals surface area (Å²) in [6, 6.07) is 4.26. The first-order valence-corrected chi connectivity index (χ1v) is 9.93. The number of fused-ring (bicyclic) bond motifs is 1. The Morgan fingerprint density at radius 1 is 1.25 bits per heavy atom. The third kappa shape index (κ3) is 4.56. The van der Waals surface area contributed by atoms with Gasteiger partial charge < -0.3 is 30.4 Å². The number of benzene rings is 1. The van der Waals surface area contributed by atoms with Gasteiger partial charge in [0.15, 0.2) is 6.23 Å². The van der Waals surface area contributed by atoms with Crippen molar-refractivity contribution in [1.29, 1.82) is 0 Å². The molecule has 3 rings (SSSR count). The number of hydrogen-bond acceptors (Lipinski definition) is 7. The van der Waals surface area contributed by atoms with Crippen LogP contribution < -0.4 is 5.73 Å². The van der Waals surface area contributed by atoms with Crippen molar-refractivity contribution in [2.24, 2.45) is 0 Å². The van der Waals surface area contributed by atoms with Crippen LogP contribution in [0.1, 0.15) is 44.0 Å². The molecule has 0 radical (unpaired) electrons. The lowest BCUT2D eigenvalue weighted by atomic mass is 9.87. The zero-order chi connectivity index (χ0) is 23.6. The van der Waals surface area contributed by atoms with Crippen molar-refractivity contribution in [2.75, 3.05) is 12.3 Å². The van der Waals surface area contributed by atoms with Crippen molar-refractivity contribution in [3.8, 4) is 0 Å². The molecule has 0 aliphatic heterocycles. The van der Waals surface area contributed by atoms with E-state index in [2.05, 4.69) is 9.97 Å². The van der Waals surface area contributed by atoms with Crippen LogP contribution in [0.5, 0.6) is 0 Å². The first-order chi connectivity index (χ1) is 15.1. The fourth-order valence-electron chi connectivity index (χ4n) is 3.64. The zero-order valence-electron chi connectivity index (χ0n) is 17.5. The molecule has 0 bridgehead atoms. The first-order valence-electron chi connectivity index (χ1n) is 9.93. The molecule has 3 aromatic rings. The van der Waals surface area contributed by atoms with E-state index in [9.17, 15) is 28.5 Å². The number of aromatic nitrogens is 3. The molecule has 0 aliphatic carbocycles. The van der Waals surface area contributed by atoms with Crippen LogP contribution in [0.15, 0.2) is 36.8 Å². The van der Waals surface area contributed by atoms with Gasteiger partial charge in [-0.25, -0.2) is 23.1 Å². The molecule has 174 valence electrons. The summed E-state index contributed by atoms with van der Waals surface area (Å²) in [6.07, 6.45) is -3.76. The predicted molar refractivity (Wildman–Crippen MR) is 110 cm³/mol. The molecule has 0 spiro atoms. The number of alkyl halides is 2. The van der Waals surface area contributed by atoms with Crippen LogP contribution in [0.25, 0.3) is 11.0 Å². The van der Waals surface area contributed by atoms with Crippen molar-refractivity contribution in [3.05, 3.63) is 53.7 Å². The Morgan fingerprint density at radius 3 is 2.59 bits per heavy atom. The number of nitrogen functional groups attached to an aromatic ring is 1. The van der Waals surface area contributed by atoms with E-state index in [1.807, 2.05) is 0 Å². The molecule has 4 atom stereocenters. The van der Waals surface area contributed by atoms with E-state index >= 15 is 0 Å². The number of hydrogen-bond donors (Lipinski definition) is 4. The van der Waals surface area contributed by atoms with Gasteiger partial charge in [0, 0.05) is 11.8 Å². The molecule has 0 fully saturated rings. The van der Waals surface area contributed by atoms with Crippen molar-refractivity contribution >= 4 is 16.9 Å². The number of nitrogens with two attached hydrogens (primary N) is 1. The lowest BCUT2D eigenvalue weighted by Crippen LogP contribution is -2.42. The Morgan fingerprint density at radius 2 is 1.97 bits per heavy atom. The summed E-state index contributed by atoms with van der Waals surface area (Å²) in [5.41, 5.74) is 3.56. The Bertz CT molecular complexity index is 1080. The minimum absolute atomic E-state index is 0.110. The highest BCUT2D eigenvalue weighted by atomic mass is 19.3. The molecule has 0 saturated carbocycles. The second-order valence-corrected chi connectivity index (χ2v) is 7.61. The number of rotatable bonds is 9. The largest absolute Gasteiger partial charge is 0.394 e. The Balaban J connectivity index is 2.02. The molecule has 2 aromatic heterocycles. The molecule has 0 aliphatic rings. The van der Waals surface area contributed by atoms with E-state index in [4.69, 9.17) is 10.5 Å². The van der Waals surface area contributed by atoms with Gasteiger partial charge in [-0.1, -0.05) is 6.92 Å². The third-order valence-electron chi connectivity index (χ3n) is 5.39. The van der Waals surface area contributed by atoms with Crippen molar-refractivity contribution in [1.82, 2.24) is 14.5 Å². The number of halogens is 3. The number of anilines is 1. The Hall–Kier alpha value is -2.73. The highest BCUT2D eigenvalue weighted by molar-refractivity contribution is 5.86. The highest BCUT2D eigenvalue weighted by Crippen LogP contribution is 2.35. The second kappa shape index (κ2) is 9.41. The minimum Gasteiger partial charge on any atom is -0.394 e. The molecular formula is C21H25F3N4O4. The summed E-state index contributed by atoms with van der Waals surface area (Å²) in [5, 5.41) is 31.7. The van der Waals surface area contributed by atoms with Gasteiger partial charge in [-0.05, 0) is 43.2 Å². The smallest absolute Gasteiger partial charge is 0.263 e. The fraction of sp³-hybridized carbons (Fsp3) is 0.429. The van der Waals surface area contributed by atoms with Crippen LogP contribution in [-0.4, -0.2) is 48.7 Å². The van der Waals surface area contributed by atoms with E-state index in [1.54, 1.807) is 13.0 Å². The number of nitrogens with zero attached hydrogens (tertiary/aromatic N) is 3. The van der Waals surface area contributed by atoms with Crippen LogP contribution >= 0.6 is 0 Å². The molecule has 5 N–H and O–H groups in total. The van der Waals surface area contributed by atoms with E-state index in [-0.39, 0.29) is 17.8 Å². The Kier molecular flexibility index (Phi) is 7.03. The van der Waals surface area contributed by atoms with Crippen molar-refractivity contribution in [3.63, 3.8) is 0 Å². The van der Waals surface area contributed by atoms with Gasteiger partial charge in [-0.2, -0.15) is 0 Å². The van der Waals surface area contributed by atoms with E-state index in [0.717, 1.165) is 12.1 Å². The van der Waals surface area contributed by atoms with Gasteiger partial charge in [0.05, 0.1) is 18.1 Å². The minimum atomic E-state index is -2.93. The SMILES string of the molecule is CC[C@H](O[C@H]([C@H](O)CO)n1ccc2c(N)ncnc21)C(C)(O)c1cc(F)cc(C(F)F)c1. The van der Waals surface area contributed by atoms with Gasteiger partial charge in [0.25, 0.3) is 6.43 Å². The summed E-state index contributed by atoms with van der Waals surface area (Å²) in [7, 11) is 0. The van der Waals surface area contributed by atoms with Gasteiger partial charge in [-0.15, -0.1) is 0 Å². The van der Waals surface area contributed by atoms with E-state index in [0.29, 0.717) is 17.1 Å². The molecule has 11 heteroatoms. The summed E-state index contributed by atoms with van der Waals surface area (Å²) in [6.45, 7) is 2.29. The highest BCUT2D eigenvalue weighted by Gasteiger charge is 2.38. The molecule has 0 saturated heterocycles. The monoisotopic (exact) mass is 454 g/mol. The first kappa shape index (κ1) is 23.9. The molecule has 2 heterocycles. The average molecular weight is 454 g/mol. The molecule has 1 unspecified atom stereocenters. The molecule has 32 heavy (non-hydrogen) atoms. The van der Waals surface area contributed by atoms with Crippen molar-refractivity contribution in [2.45, 2.75) is 50.7 Å². The number of aliphatic hydroxyl groups excluding tert-OH is 2. The van der Waals surface area contributed by atoms with E-state index in [1.165, 1.54) is 24.0 Å². The topological polar surface area (TPSA) is 127 Å².